The molecule has 0 amide bonds. The lowest BCUT2D eigenvalue weighted by molar-refractivity contribution is 0.473. The number of rotatable bonds is 6. The number of hydrogen-bond acceptors (Lipinski definition) is 8. The molecule has 0 aliphatic rings. The van der Waals surface area contributed by atoms with Crippen molar-refractivity contribution >= 4 is 0 Å². The van der Waals surface area contributed by atoms with E-state index in [9.17, 15) is 0 Å². The molecule has 0 aromatic carbocycles. The normalized spacial score (nSPS) is 16.2. The molecule has 0 rings (SSSR count). The van der Waals surface area contributed by atoms with E-state index in [1.807, 2.05) is 26.0 Å². The van der Waals surface area contributed by atoms with Crippen molar-refractivity contribution in [1.82, 2.24) is 0 Å². The first-order chi connectivity index (χ1) is 11.8. The molecule has 0 bridgehead atoms. The molecule has 0 fully saturated rings. The highest BCUT2D eigenvalue weighted by Crippen LogP contribution is 2.20. The number of azo groups is 2. The van der Waals surface area contributed by atoms with Gasteiger partial charge in [-0.2, -0.15) is 41.5 Å². The van der Waals surface area contributed by atoms with E-state index in [4.69, 9.17) is 21.0 Å². The van der Waals surface area contributed by atoms with Crippen LogP contribution in [-0.2, 0) is 0 Å². The van der Waals surface area contributed by atoms with Crippen LogP contribution in [0.5, 0.6) is 0 Å². The summed E-state index contributed by atoms with van der Waals surface area (Å²) in [4.78, 5) is 0. The van der Waals surface area contributed by atoms with Crippen molar-refractivity contribution in [2.24, 2.45) is 20.5 Å². The molecule has 0 spiro atoms. The molecule has 8 heteroatoms. The highest BCUT2D eigenvalue weighted by molar-refractivity contribution is 5.06. The Labute approximate surface area is 156 Å². The average Bonchev–Trinajstić information content (AvgIpc) is 2.65. The van der Waals surface area contributed by atoms with Crippen molar-refractivity contribution in [3.8, 4) is 24.3 Å². The Balaban J connectivity index is 0. The molecule has 0 aliphatic heterocycles. The van der Waals surface area contributed by atoms with Gasteiger partial charge in [0.25, 0.3) is 0 Å². The van der Waals surface area contributed by atoms with Gasteiger partial charge in [-0.15, -0.1) is 0 Å². The van der Waals surface area contributed by atoms with E-state index in [-0.39, 0.29) is 0 Å². The van der Waals surface area contributed by atoms with E-state index in [0.717, 1.165) is 0 Å². The van der Waals surface area contributed by atoms with Gasteiger partial charge in [0.1, 0.15) is 0 Å². The molecule has 26 heavy (non-hydrogen) atoms. The van der Waals surface area contributed by atoms with Crippen molar-refractivity contribution in [2.45, 2.75) is 90.4 Å². The monoisotopic (exact) mass is 356 g/mol. The molecular formula is C18H28N8. The maximum Gasteiger partial charge on any atom is 0.164 e. The van der Waals surface area contributed by atoms with Gasteiger partial charge in [0, 0.05) is 0 Å². The first-order valence-electron chi connectivity index (χ1n) is 8.31. The zero-order valence-corrected chi connectivity index (χ0v) is 17.0. The van der Waals surface area contributed by atoms with Crippen molar-refractivity contribution in [3.05, 3.63) is 0 Å². The Morgan fingerprint density at radius 2 is 0.808 bits per heavy atom. The lowest BCUT2D eigenvalue weighted by Gasteiger charge is -2.16. The van der Waals surface area contributed by atoms with E-state index in [1.165, 1.54) is 0 Å². The van der Waals surface area contributed by atoms with Gasteiger partial charge in [0.15, 0.2) is 22.2 Å². The summed E-state index contributed by atoms with van der Waals surface area (Å²) in [6, 6.07) is 8.09. The van der Waals surface area contributed by atoms with E-state index in [0.29, 0.717) is 12.8 Å². The lowest BCUT2D eigenvalue weighted by atomic mass is 10.0. The molecule has 0 aliphatic carbocycles. The molecule has 2 unspecified atom stereocenters. The van der Waals surface area contributed by atoms with Crippen LogP contribution in [0.15, 0.2) is 20.5 Å². The largest absolute Gasteiger partial charge is 0.196 e. The predicted molar refractivity (Wildman–Crippen MR) is 97.7 cm³/mol. The summed E-state index contributed by atoms with van der Waals surface area (Å²) in [6.07, 6.45) is 1.19. The van der Waals surface area contributed by atoms with Crippen LogP contribution in [0.3, 0.4) is 0 Å². The van der Waals surface area contributed by atoms with Crippen molar-refractivity contribution in [1.29, 1.82) is 21.0 Å². The minimum absolute atomic E-state index is 0.595. The second kappa shape index (κ2) is 10.2. The molecule has 0 radical (unpaired) electrons. The molecule has 2 atom stereocenters. The Bertz CT molecular complexity index is 620. The molecule has 140 valence electrons. The minimum Gasteiger partial charge on any atom is -0.196 e. The van der Waals surface area contributed by atoms with Crippen LogP contribution < -0.4 is 0 Å². The van der Waals surface area contributed by atoms with Crippen LogP contribution in [0.25, 0.3) is 0 Å². The Morgan fingerprint density at radius 1 is 0.538 bits per heavy atom. The van der Waals surface area contributed by atoms with Crippen molar-refractivity contribution in [2.75, 3.05) is 0 Å². The maximum absolute atomic E-state index is 8.84. The van der Waals surface area contributed by atoms with E-state index >= 15 is 0 Å². The number of hydrogen-bond donors (Lipinski definition) is 0. The zero-order chi connectivity index (χ0) is 21.1. The van der Waals surface area contributed by atoms with Gasteiger partial charge in [-0.25, -0.2) is 0 Å². The standard InChI is InChI=1S/C10H16N4.C8H12N4/c1-5-9(3,7-11)13-14-10(4,6-2)8-12;1-7(2,5-9)11-12-8(3,4)6-10/h5-6H2,1-4H3;1-4H3. The van der Waals surface area contributed by atoms with Gasteiger partial charge < -0.3 is 0 Å². The quantitative estimate of drug-likeness (QED) is 0.625. The maximum atomic E-state index is 8.84. The van der Waals surface area contributed by atoms with Gasteiger partial charge in [-0.3, -0.25) is 0 Å². The molecular weight excluding hydrogens is 328 g/mol. The van der Waals surface area contributed by atoms with Crippen LogP contribution in [0, 0.1) is 45.3 Å². The summed E-state index contributed by atoms with van der Waals surface area (Å²) in [6.45, 7) is 13.7. The second-order valence-electron chi connectivity index (χ2n) is 7.22. The third-order valence-electron chi connectivity index (χ3n) is 3.45. The van der Waals surface area contributed by atoms with E-state index in [2.05, 4.69) is 32.6 Å². The highest BCUT2D eigenvalue weighted by atomic mass is 15.2. The van der Waals surface area contributed by atoms with Crippen molar-refractivity contribution in [3.63, 3.8) is 0 Å². The summed E-state index contributed by atoms with van der Waals surface area (Å²) in [5, 5.41) is 50.2. The van der Waals surface area contributed by atoms with Crippen LogP contribution in [0.1, 0.15) is 68.2 Å². The molecule has 0 heterocycles. The Morgan fingerprint density at radius 3 is 0.962 bits per heavy atom. The first-order valence-corrected chi connectivity index (χ1v) is 8.31. The second-order valence-corrected chi connectivity index (χ2v) is 7.22. The van der Waals surface area contributed by atoms with Crippen molar-refractivity contribution < 1.29 is 0 Å². The number of nitrogens with zero attached hydrogens (tertiary/aromatic N) is 8. The summed E-state index contributed by atoms with van der Waals surface area (Å²) in [7, 11) is 0. The minimum atomic E-state index is -0.839. The zero-order valence-electron chi connectivity index (χ0n) is 17.0. The van der Waals surface area contributed by atoms with Gasteiger partial charge in [0.2, 0.25) is 0 Å². The summed E-state index contributed by atoms with van der Waals surface area (Å²) < 4.78 is 0. The lowest BCUT2D eigenvalue weighted by Crippen LogP contribution is -2.22. The average molecular weight is 356 g/mol. The fourth-order valence-electron chi connectivity index (χ4n) is 0.860. The van der Waals surface area contributed by atoms with E-state index in [1.54, 1.807) is 41.5 Å². The first kappa shape index (κ1) is 25.4. The topological polar surface area (TPSA) is 145 Å². The van der Waals surface area contributed by atoms with Gasteiger partial charge in [-0.05, 0) is 54.4 Å². The Kier molecular flexibility index (Phi) is 9.98. The SMILES string of the molecule is CC(C)(C#N)N=NC(C)(C)C#N.CCC(C)(C#N)N=NC(C)(C#N)CC. The molecule has 0 N–H and O–H groups in total. The molecule has 0 saturated carbocycles. The summed E-state index contributed by atoms with van der Waals surface area (Å²) >= 11 is 0. The van der Waals surface area contributed by atoms with Gasteiger partial charge >= 0.3 is 0 Å². The molecule has 0 aromatic rings. The molecule has 8 nitrogen and oxygen atoms in total. The highest BCUT2D eigenvalue weighted by Gasteiger charge is 2.25. The third kappa shape index (κ3) is 10.1. The van der Waals surface area contributed by atoms with Gasteiger partial charge in [-0.1, -0.05) is 13.8 Å². The summed E-state index contributed by atoms with van der Waals surface area (Å²) in [5.41, 5.74) is -3.28. The van der Waals surface area contributed by atoms with Crippen LogP contribution in [-0.4, -0.2) is 22.2 Å². The third-order valence-corrected chi connectivity index (χ3v) is 3.45. The molecule has 0 saturated heterocycles. The number of nitriles is 4. The smallest absolute Gasteiger partial charge is 0.164 e. The van der Waals surface area contributed by atoms with Crippen LogP contribution >= 0.6 is 0 Å². The van der Waals surface area contributed by atoms with E-state index < -0.39 is 22.2 Å². The molecule has 0 aromatic heterocycles. The Hall–Kier alpha value is -2.84. The summed E-state index contributed by atoms with van der Waals surface area (Å²) in [5.74, 6) is 0. The fraction of sp³-hybridized carbons (Fsp3) is 0.778. The predicted octanol–water partition coefficient (Wildman–Crippen LogP) is 4.87. The van der Waals surface area contributed by atoms with Crippen LogP contribution in [0.4, 0.5) is 0 Å². The van der Waals surface area contributed by atoms with Gasteiger partial charge in [0.05, 0.1) is 24.3 Å². The van der Waals surface area contributed by atoms with Crippen LogP contribution in [0.2, 0.25) is 0 Å². The fourth-order valence-corrected chi connectivity index (χ4v) is 0.860.